The molecule has 174 valence electrons. The van der Waals surface area contributed by atoms with Gasteiger partial charge in [-0.2, -0.15) is 0 Å². The van der Waals surface area contributed by atoms with Gasteiger partial charge in [-0.1, -0.05) is 29.5 Å². The normalized spacial score (nSPS) is 11.1. The van der Waals surface area contributed by atoms with Crippen LogP contribution in [0.4, 0.5) is 15.2 Å². The standard InChI is InChI=1S/C23H19FN4O4S2/c1-32-19-11-7-16(8-12-19)22-26-27-23(33-22)25-21(29)15-28(18-5-3-2-4-6-18)34(30,31)20-13-9-17(24)10-14-20/h2-14H,15H2,1H3,(H,25,27,29). The number of hydrogen-bond donors (Lipinski definition) is 1. The maximum absolute atomic E-state index is 13.3. The summed E-state index contributed by atoms with van der Waals surface area (Å²) in [6, 6.07) is 19.8. The van der Waals surface area contributed by atoms with Gasteiger partial charge in [-0.05, 0) is 60.7 Å². The summed E-state index contributed by atoms with van der Waals surface area (Å²) >= 11 is 1.15. The number of rotatable bonds is 8. The quantitative estimate of drug-likeness (QED) is 0.391. The van der Waals surface area contributed by atoms with Gasteiger partial charge in [-0.25, -0.2) is 12.8 Å². The second-order valence-electron chi connectivity index (χ2n) is 6.99. The molecule has 0 bridgehead atoms. The van der Waals surface area contributed by atoms with Crippen LogP contribution in [0.15, 0.2) is 83.8 Å². The molecule has 0 unspecified atom stereocenters. The van der Waals surface area contributed by atoms with Crippen molar-refractivity contribution in [3.63, 3.8) is 0 Å². The lowest BCUT2D eigenvalue weighted by Gasteiger charge is -2.23. The van der Waals surface area contributed by atoms with Crippen molar-refractivity contribution < 1.29 is 22.3 Å². The average Bonchev–Trinajstić information content (AvgIpc) is 3.31. The summed E-state index contributed by atoms with van der Waals surface area (Å²) < 4.78 is 45.9. The van der Waals surface area contributed by atoms with Crippen molar-refractivity contribution in [3.05, 3.63) is 84.7 Å². The van der Waals surface area contributed by atoms with Crippen LogP contribution in [0.1, 0.15) is 0 Å². The molecular weight excluding hydrogens is 479 g/mol. The van der Waals surface area contributed by atoms with Gasteiger partial charge >= 0.3 is 0 Å². The zero-order chi connectivity index (χ0) is 24.1. The first-order valence-electron chi connectivity index (χ1n) is 9.98. The number of hydrogen-bond acceptors (Lipinski definition) is 7. The minimum absolute atomic E-state index is 0.136. The van der Waals surface area contributed by atoms with Crippen molar-refractivity contribution in [2.75, 3.05) is 23.3 Å². The van der Waals surface area contributed by atoms with E-state index in [4.69, 9.17) is 4.74 Å². The molecule has 0 saturated heterocycles. The molecule has 1 amide bonds. The fourth-order valence-corrected chi connectivity index (χ4v) is 5.24. The molecule has 1 aromatic heterocycles. The summed E-state index contributed by atoms with van der Waals surface area (Å²) in [6.07, 6.45) is 0. The molecule has 0 fully saturated rings. The molecule has 4 rings (SSSR count). The van der Waals surface area contributed by atoms with Crippen molar-refractivity contribution in [2.45, 2.75) is 4.90 Å². The van der Waals surface area contributed by atoms with Gasteiger partial charge in [0, 0.05) is 5.56 Å². The third-order valence-electron chi connectivity index (χ3n) is 4.74. The Balaban J connectivity index is 1.55. The van der Waals surface area contributed by atoms with E-state index in [1.807, 2.05) is 12.1 Å². The van der Waals surface area contributed by atoms with Gasteiger partial charge in [0.25, 0.3) is 10.0 Å². The number of anilines is 2. The molecule has 0 aliphatic heterocycles. The van der Waals surface area contributed by atoms with Gasteiger partial charge in [0.15, 0.2) is 0 Å². The number of sulfonamides is 1. The first-order chi connectivity index (χ1) is 16.4. The third-order valence-corrected chi connectivity index (χ3v) is 7.42. The number of carbonyl (C=O) groups is 1. The van der Waals surface area contributed by atoms with E-state index in [2.05, 4.69) is 15.5 Å². The van der Waals surface area contributed by atoms with Crippen LogP contribution in [-0.2, 0) is 14.8 Å². The van der Waals surface area contributed by atoms with Gasteiger partial charge in [0.1, 0.15) is 23.1 Å². The molecule has 0 spiro atoms. The number of aromatic nitrogens is 2. The molecule has 4 aromatic rings. The number of halogens is 1. The number of nitrogens with zero attached hydrogens (tertiary/aromatic N) is 3. The smallest absolute Gasteiger partial charge is 0.264 e. The molecule has 0 aliphatic carbocycles. The number of benzene rings is 3. The highest BCUT2D eigenvalue weighted by molar-refractivity contribution is 7.92. The minimum atomic E-state index is -4.14. The Morgan fingerprint density at radius 2 is 1.68 bits per heavy atom. The van der Waals surface area contributed by atoms with E-state index in [0.717, 1.165) is 45.5 Å². The second kappa shape index (κ2) is 9.98. The zero-order valence-corrected chi connectivity index (χ0v) is 19.5. The van der Waals surface area contributed by atoms with Crippen LogP contribution in [0, 0.1) is 5.82 Å². The Labute approximate surface area is 199 Å². The van der Waals surface area contributed by atoms with Gasteiger partial charge in [-0.3, -0.25) is 14.4 Å². The van der Waals surface area contributed by atoms with Gasteiger partial charge < -0.3 is 4.74 Å². The molecular formula is C23H19FN4O4S2. The van der Waals surface area contributed by atoms with Gasteiger partial charge in [0.2, 0.25) is 11.0 Å². The van der Waals surface area contributed by atoms with Crippen molar-refractivity contribution in [3.8, 4) is 16.3 Å². The molecule has 0 saturated carbocycles. The van der Waals surface area contributed by atoms with E-state index < -0.39 is 28.3 Å². The van der Waals surface area contributed by atoms with Gasteiger partial charge in [-0.15, -0.1) is 10.2 Å². The molecule has 1 heterocycles. The Morgan fingerprint density at radius 3 is 2.32 bits per heavy atom. The van der Waals surface area contributed by atoms with Crippen LogP contribution in [-0.4, -0.2) is 38.2 Å². The lowest BCUT2D eigenvalue weighted by molar-refractivity contribution is -0.114. The van der Waals surface area contributed by atoms with Crippen LogP contribution in [0.2, 0.25) is 0 Å². The molecule has 0 radical (unpaired) electrons. The molecule has 1 N–H and O–H groups in total. The van der Waals surface area contributed by atoms with Crippen molar-refractivity contribution >= 4 is 38.1 Å². The molecule has 34 heavy (non-hydrogen) atoms. The molecule has 11 heteroatoms. The van der Waals surface area contributed by atoms with Crippen molar-refractivity contribution in [1.82, 2.24) is 10.2 Å². The lowest BCUT2D eigenvalue weighted by Crippen LogP contribution is -2.38. The monoisotopic (exact) mass is 498 g/mol. The number of amides is 1. The second-order valence-corrected chi connectivity index (χ2v) is 9.83. The SMILES string of the molecule is COc1ccc(-c2nnc(NC(=O)CN(c3ccccc3)S(=O)(=O)c3ccc(F)cc3)s2)cc1. The zero-order valence-electron chi connectivity index (χ0n) is 17.9. The van der Waals surface area contributed by atoms with Crippen LogP contribution in [0.25, 0.3) is 10.6 Å². The lowest BCUT2D eigenvalue weighted by atomic mass is 10.2. The molecule has 8 nitrogen and oxygen atoms in total. The number of methoxy groups -OCH3 is 1. The Hall–Kier alpha value is -3.83. The third kappa shape index (κ3) is 5.21. The summed E-state index contributed by atoms with van der Waals surface area (Å²) in [6.45, 7) is -0.513. The molecule has 0 atom stereocenters. The maximum atomic E-state index is 13.3. The van der Waals surface area contributed by atoms with Crippen LogP contribution in [0.3, 0.4) is 0 Å². The van der Waals surface area contributed by atoms with E-state index in [1.165, 1.54) is 0 Å². The summed E-state index contributed by atoms with van der Waals surface area (Å²) in [5, 5.41) is 11.5. The van der Waals surface area contributed by atoms with E-state index in [1.54, 1.807) is 49.6 Å². The van der Waals surface area contributed by atoms with Crippen LogP contribution < -0.4 is 14.4 Å². The maximum Gasteiger partial charge on any atom is 0.264 e. The predicted octanol–water partition coefficient (Wildman–Crippen LogP) is 4.19. The molecule has 3 aromatic carbocycles. The first-order valence-corrected chi connectivity index (χ1v) is 12.2. The number of nitrogens with one attached hydrogen (secondary N) is 1. The largest absolute Gasteiger partial charge is 0.497 e. The highest BCUT2D eigenvalue weighted by Gasteiger charge is 2.27. The summed E-state index contributed by atoms with van der Waals surface area (Å²) in [4.78, 5) is 12.7. The predicted molar refractivity (Wildman–Crippen MR) is 128 cm³/mol. The van der Waals surface area contributed by atoms with Crippen molar-refractivity contribution in [1.29, 1.82) is 0 Å². The van der Waals surface area contributed by atoms with E-state index in [0.29, 0.717) is 10.8 Å². The number of ether oxygens (including phenoxy) is 1. The Kier molecular flexibility index (Phi) is 6.85. The Bertz CT molecular complexity index is 1380. The van der Waals surface area contributed by atoms with E-state index in [9.17, 15) is 17.6 Å². The molecule has 0 aliphatic rings. The fourth-order valence-electron chi connectivity index (χ4n) is 3.06. The average molecular weight is 499 g/mol. The van der Waals surface area contributed by atoms with Gasteiger partial charge in [0.05, 0.1) is 17.7 Å². The number of carbonyl (C=O) groups excluding carboxylic acids is 1. The van der Waals surface area contributed by atoms with E-state index in [-0.39, 0.29) is 15.7 Å². The highest BCUT2D eigenvalue weighted by atomic mass is 32.2. The summed E-state index contributed by atoms with van der Waals surface area (Å²) in [5.74, 6) is -0.469. The highest BCUT2D eigenvalue weighted by Crippen LogP contribution is 2.28. The van der Waals surface area contributed by atoms with Crippen LogP contribution >= 0.6 is 11.3 Å². The van der Waals surface area contributed by atoms with Crippen molar-refractivity contribution in [2.24, 2.45) is 0 Å². The number of para-hydroxylation sites is 1. The minimum Gasteiger partial charge on any atom is -0.497 e. The summed E-state index contributed by atoms with van der Waals surface area (Å²) in [7, 11) is -2.57. The summed E-state index contributed by atoms with van der Waals surface area (Å²) in [5.41, 5.74) is 1.08. The Morgan fingerprint density at radius 1 is 1.00 bits per heavy atom. The fraction of sp³-hybridized carbons (Fsp3) is 0.0870. The van der Waals surface area contributed by atoms with E-state index >= 15 is 0 Å². The van der Waals surface area contributed by atoms with Crippen LogP contribution in [0.5, 0.6) is 5.75 Å². The topological polar surface area (TPSA) is 101 Å². The first kappa shape index (κ1) is 23.3.